The Bertz CT molecular complexity index is 943. The van der Waals surface area contributed by atoms with Gasteiger partial charge in [0.2, 0.25) is 0 Å². The summed E-state index contributed by atoms with van der Waals surface area (Å²) in [5.41, 5.74) is 2.94. The molecule has 1 aliphatic rings. The minimum atomic E-state index is -0.249. The molecule has 0 aliphatic carbocycles. The quantitative estimate of drug-likeness (QED) is 0.508. The van der Waals surface area contributed by atoms with Crippen LogP contribution in [-0.2, 0) is 11.3 Å². The van der Waals surface area contributed by atoms with Crippen molar-refractivity contribution in [2.45, 2.75) is 29.5 Å². The van der Waals surface area contributed by atoms with Gasteiger partial charge in [0, 0.05) is 24.5 Å². The first kappa shape index (κ1) is 19.2. The molecule has 0 radical (unpaired) electrons. The average Bonchev–Trinajstić information content (AvgIpc) is 3.10. The van der Waals surface area contributed by atoms with Crippen molar-refractivity contribution in [3.05, 3.63) is 101 Å². The van der Waals surface area contributed by atoms with Gasteiger partial charge in [0.1, 0.15) is 11.6 Å². The number of nitrogens with zero attached hydrogens (tertiary/aromatic N) is 1. The molecule has 1 heterocycles. The highest BCUT2D eigenvalue weighted by Gasteiger charge is 2.41. The van der Waals surface area contributed by atoms with E-state index in [2.05, 4.69) is 29.2 Å². The van der Waals surface area contributed by atoms with E-state index in [1.807, 2.05) is 30.3 Å². The molecule has 4 rings (SSSR count). The highest BCUT2D eigenvalue weighted by Crippen LogP contribution is 2.48. The highest BCUT2D eigenvalue weighted by molar-refractivity contribution is 8.00. The van der Waals surface area contributed by atoms with Gasteiger partial charge in [-0.3, -0.25) is 4.90 Å². The van der Waals surface area contributed by atoms with E-state index in [-0.39, 0.29) is 16.4 Å². The first-order valence-electron chi connectivity index (χ1n) is 9.52. The molecule has 0 bridgehead atoms. The summed E-state index contributed by atoms with van der Waals surface area (Å²) < 4.78 is 27.5. The van der Waals surface area contributed by atoms with Gasteiger partial charge >= 0.3 is 0 Å². The molecule has 4 heteroatoms. The summed E-state index contributed by atoms with van der Waals surface area (Å²) in [7, 11) is 0. The topological polar surface area (TPSA) is 3.24 Å². The molecule has 144 valence electrons. The fourth-order valence-electron chi connectivity index (χ4n) is 3.82. The Morgan fingerprint density at radius 1 is 0.964 bits per heavy atom. The molecule has 1 nitrogen and oxygen atoms in total. The van der Waals surface area contributed by atoms with Crippen LogP contribution in [0.25, 0.3) is 0 Å². The van der Waals surface area contributed by atoms with Crippen molar-refractivity contribution in [2.75, 3.05) is 13.1 Å². The summed E-state index contributed by atoms with van der Waals surface area (Å²) in [6.45, 7) is 4.43. The van der Waals surface area contributed by atoms with Crippen LogP contribution in [0.5, 0.6) is 0 Å². The second kappa shape index (κ2) is 8.06. The minimum absolute atomic E-state index is 0.168. The van der Waals surface area contributed by atoms with Crippen molar-refractivity contribution in [1.29, 1.82) is 0 Å². The number of benzene rings is 3. The van der Waals surface area contributed by atoms with Gasteiger partial charge in [-0.15, -0.1) is 11.8 Å². The van der Waals surface area contributed by atoms with Crippen LogP contribution in [0.15, 0.2) is 77.7 Å². The van der Waals surface area contributed by atoms with Crippen molar-refractivity contribution in [2.24, 2.45) is 0 Å². The number of likely N-dealkylation sites (tertiary alicyclic amines) is 1. The van der Waals surface area contributed by atoms with Gasteiger partial charge in [0.05, 0.1) is 4.75 Å². The molecule has 0 N–H and O–H groups in total. The van der Waals surface area contributed by atoms with Gasteiger partial charge in [-0.25, -0.2) is 8.78 Å². The van der Waals surface area contributed by atoms with Crippen LogP contribution in [0.2, 0.25) is 0 Å². The van der Waals surface area contributed by atoms with Gasteiger partial charge in [-0.1, -0.05) is 42.5 Å². The van der Waals surface area contributed by atoms with Gasteiger partial charge in [-0.05, 0) is 60.4 Å². The van der Waals surface area contributed by atoms with Crippen LogP contribution in [-0.4, -0.2) is 18.0 Å². The molecular weight excluding hydrogens is 372 g/mol. The summed E-state index contributed by atoms with van der Waals surface area (Å²) in [5.74, 6) is -0.407. The molecular formula is C24H23F2NS. The van der Waals surface area contributed by atoms with Crippen molar-refractivity contribution < 1.29 is 8.78 Å². The van der Waals surface area contributed by atoms with E-state index in [1.54, 1.807) is 24.8 Å². The summed E-state index contributed by atoms with van der Waals surface area (Å²) in [6, 6.07) is 22.6. The Morgan fingerprint density at radius 3 is 2.43 bits per heavy atom. The normalized spacial score (nSPS) is 19.8. The van der Waals surface area contributed by atoms with E-state index < -0.39 is 0 Å². The monoisotopic (exact) mass is 395 g/mol. The molecule has 3 aromatic carbocycles. The lowest BCUT2D eigenvalue weighted by Gasteiger charge is -2.30. The van der Waals surface area contributed by atoms with Gasteiger partial charge < -0.3 is 0 Å². The Balaban J connectivity index is 1.64. The van der Waals surface area contributed by atoms with E-state index in [4.69, 9.17) is 0 Å². The summed E-state index contributed by atoms with van der Waals surface area (Å²) in [5, 5.41) is 0. The second-order valence-corrected chi connectivity index (χ2v) is 8.92. The number of rotatable bonds is 5. The molecule has 1 aliphatic heterocycles. The van der Waals surface area contributed by atoms with Crippen molar-refractivity contribution >= 4 is 11.8 Å². The fraction of sp³-hybridized carbons (Fsp3) is 0.250. The van der Waals surface area contributed by atoms with Crippen LogP contribution in [0.1, 0.15) is 23.1 Å². The lowest BCUT2D eigenvalue weighted by Crippen LogP contribution is -2.28. The fourth-order valence-corrected chi connectivity index (χ4v) is 5.23. The van der Waals surface area contributed by atoms with E-state index in [1.165, 1.54) is 17.7 Å². The van der Waals surface area contributed by atoms with E-state index in [0.717, 1.165) is 36.5 Å². The Morgan fingerprint density at radius 2 is 1.71 bits per heavy atom. The number of hydrogen-bond acceptors (Lipinski definition) is 2. The zero-order chi connectivity index (χ0) is 19.6. The minimum Gasteiger partial charge on any atom is -0.297 e. The van der Waals surface area contributed by atoms with Crippen molar-refractivity contribution in [1.82, 2.24) is 4.90 Å². The number of halogens is 2. The second-order valence-electron chi connectivity index (χ2n) is 7.46. The largest absolute Gasteiger partial charge is 0.297 e. The highest BCUT2D eigenvalue weighted by atomic mass is 32.2. The molecule has 0 unspecified atom stereocenters. The molecule has 28 heavy (non-hydrogen) atoms. The molecule has 1 atom stereocenters. The molecule has 1 fully saturated rings. The molecule has 1 saturated heterocycles. The van der Waals surface area contributed by atoms with Crippen LogP contribution >= 0.6 is 11.8 Å². The number of hydrogen-bond donors (Lipinski definition) is 0. The standard InChI is InChI=1S/C24H23F2NS/c1-18-7-8-20(15-23(18)26)24(28-22-11-9-21(25)10-12-22)13-14-27(17-24)16-19-5-3-2-4-6-19/h2-12,15H,13-14,16-17H2,1H3/t24-/m1/s1. The SMILES string of the molecule is Cc1ccc([C@@]2(Sc3ccc(F)cc3)CCN(Cc3ccccc3)C2)cc1F. The van der Waals surface area contributed by atoms with Gasteiger partial charge in [-0.2, -0.15) is 0 Å². The van der Waals surface area contributed by atoms with Crippen LogP contribution in [0.3, 0.4) is 0 Å². The third-order valence-electron chi connectivity index (χ3n) is 5.38. The third kappa shape index (κ3) is 4.13. The third-order valence-corrected chi connectivity index (χ3v) is 6.85. The summed E-state index contributed by atoms with van der Waals surface area (Å²) >= 11 is 1.71. The first-order chi connectivity index (χ1) is 13.5. The van der Waals surface area contributed by atoms with Crippen molar-refractivity contribution in [3.8, 4) is 0 Å². The van der Waals surface area contributed by atoms with Gasteiger partial charge in [0.25, 0.3) is 0 Å². The first-order valence-corrected chi connectivity index (χ1v) is 10.3. The predicted molar refractivity (Wildman–Crippen MR) is 111 cm³/mol. The molecule has 0 saturated carbocycles. The Kier molecular flexibility index (Phi) is 5.51. The zero-order valence-electron chi connectivity index (χ0n) is 15.9. The lowest BCUT2D eigenvalue weighted by atomic mass is 9.96. The number of thioether (sulfide) groups is 1. The maximum absolute atomic E-state index is 14.4. The molecule has 0 spiro atoms. The maximum Gasteiger partial charge on any atom is 0.126 e. The van der Waals surface area contributed by atoms with Crippen LogP contribution < -0.4 is 0 Å². The lowest BCUT2D eigenvalue weighted by molar-refractivity contribution is 0.323. The summed E-state index contributed by atoms with van der Waals surface area (Å²) in [4.78, 5) is 3.42. The Labute approximate surface area is 169 Å². The van der Waals surface area contributed by atoms with Crippen LogP contribution in [0, 0.1) is 18.6 Å². The molecule has 3 aromatic rings. The zero-order valence-corrected chi connectivity index (χ0v) is 16.7. The van der Waals surface area contributed by atoms with E-state index in [0.29, 0.717) is 5.56 Å². The van der Waals surface area contributed by atoms with Gasteiger partial charge in [0.15, 0.2) is 0 Å². The average molecular weight is 396 g/mol. The Hall–Kier alpha value is -2.17. The van der Waals surface area contributed by atoms with Crippen molar-refractivity contribution in [3.63, 3.8) is 0 Å². The maximum atomic E-state index is 14.4. The summed E-state index contributed by atoms with van der Waals surface area (Å²) in [6.07, 6.45) is 0.921. The molecule has 0 aromatic heterocycles. The smallest absolute Gasteiger partial charge is 0.126 e. The number of aryl methyl sites for hydroxylation is 1. The van der Waals surface area contributed by atoms with Crippen LogP contribution in [0.4, 0.5) is 8.78 Å². The molecule has 0 amide bonds. The van der Waals surface area contributed by atoms with E-state index in [9.17, 15) is 8.78 Å². The van der Waals surface area contributed by atoms with E-state index >= 15 is 0 Å². The predicted octanol–water partition coefficient (Wildman–Crippen LogP) is 6.17.